The predicted octanol–water partition coefficient (Wildman–Crippen LogP) is 2.54. The first-order valence-corrected chi connectivity index (χ1v) is 9.72. The van der Waals surface area contributed by atoms with Crippen molar-refractivity contribution in [3.8, 4) is 0 Å². The summed E-state index contributed by atoms with van der Waals surface area (Å²) >= 11 is 2.18. The van der Waals surface area contributed by atoms with Crippen LogP contribution in [0.25, 0.3) is 0 Å². The Morgan fingerprint density at radius 1 is 1.21 bits per heavy atom. The van der Waals surface area contributed by atoms with Crippen LogP contribution in [-0.2, 0) is 4.79 Å². The molecule has 3 aromatic rings. The third kappa shape index (κ3) is 4.96. The number of aromatic amines is 1. The molecule has 3 rings (SSSR count). The van der Waals surface area contributed by atoms with Gasteiger partial charge in [0.2, 0.25) is 5.91 Å². The van der Waals surface area contributed by atoms with E-state index in [-0.39, 0.29) is 28.3 Å². The van der Waals surface area contributed by atoms with Crippen LogP contribution in [-0.4, -0.2) is 27.5 Å². The van der Waals surface area contributed by atoms with Gasteiger partial charge in [0.15, 0.2) is 16.7 Å². The Kier molecular flexibility index (Phi) is 6.06. The first kappa shape index (κ1) is 19.6. The number of nitrogens with one attached hydrogen (secondary N) is 3. The zero-order chi connectivity index (χ0) is 20.1. The largest absolute Gasteiger partial charge is 0.382 e. The van der Waals surface area contributed by atoms with E-state index in [0.717, 1.165) is 11.8 Å². The molecule has 2 aromatic heterocycles. The van der Waals surface area contributed by atoms with E-state index in [1.807, 2.05) is 0 Å². The number of thiophene rings is 1. The average Bonchev–Trinajstić information content (AvgIpc) is 3.20. The maximum Gasteiger partial charge on any atom is 0.277 e. The minimum atomic E-state index is -0.626. The molecule has 0 bridgehead atoms. The van der Waals surface area contributed by atoms with E-state index in [1.165, 1.54) is 35.6 Å². The number of aromatic nitrogens is 2. The number of hydrogen-bond acceptors (Lipinski definition) is 7. The molecule has 0 fully saturated rings. The third-order valence-corrected chi connectivity index (χ3v) is 5.12. The molecule has 0 spiro atoms. The molecular weight excluding hydrogens is 405 g/mol. The molecule has 2 heterocycles. The number of nitrogen functional groups attached to an aromatic ring is 1. The molecule has 1 aromatic carbocycles. The lowest BCUT2D eigenvalue weighted by atomic mass is 10.3. The zero-order valence-corrected chi connectivity index (χ0v) is 15.8. The summed E-state index contributed by atoms with van der Waals surface area (Å²) < 4.78 is 12.9. The average molecular weight is 419 g/mol. The topological polar surface area (TPSA) is 130 Å². The number of carbonyl (C=O) groups excluding carboxylic acids is 2. The van der Waals surface area contributed by atoms with Gasteiger partial charge in [-0.1, -0.05) is 17.8 Å². The molecule has 0 saturated carbocycles. The molecular formula is C17H14FN5O3S2. The molecule has 0 saturated heterocycles. The van der Waals surface area contributed by atoms with Crippen molar-refractivity contribution in [2.45, 2.75) is 5.16 Å². The normalized spacial score (nSPS) is 10.5. The van der Waals surface area contributed by atoms with Crippen molar-refractivity contribution >= 4 is 52.1 Å². The molecule has 0 aliphatic carbocycles. The lowest BCUT2D eigenvalue weighted by Gasteiger charge is -2.08. The SMILES string of the molecule is Nc1nc(SCC(=O)Nc2ccc(F)cc2)[nH]c(=O)c1NC(=O)c1cccs1. The highest BCUT2D eigenvalue weighted by atomic mass is 32.2. The fourth-order valence-electron chi connectivity index (χ4n) is 2.11. The van der Waals surface area contributed by atoms with Gasteiger partial charge in [0.1, 0.15) is 5.82 Å². The summed E-state index contributed by atoms with van der Waals surface area (Å²) in [7, 11) is 0. The molecule has 0 aliphatic heterocycles. The highest BCUT2D eigenvalue weighted by molar-refractivity contribution is 7.99. The Labute approximate surface area is 166 Å². The second-order valence-electron chi connectivity index (χ2n) is 5.41. The van der Waals surface area contributed by atoms with Crippen LogP contribution in [0.15, 0.2) is 51.7 Å². The zero-order valence-electron chi connectivity index (χ0n) is 14.2. The molecule has 0 radical (unpaired) electrons. The van der Waals surface area contributed by atoms with Crippen molar-refractivity contribution in [1.82, 2.24) is 9.97 Å². The van der Waals surface area contributed by atoms with Crippen LogP contribution in [0.1, 0.15) is 9.67 Å². The summed E-state index contributed by atoms with van der Waals surface area (Å²) in [6, 6.07) is 8.64. The molecule has 2 amide bonds. The smallest absolute Gasteiger partial charge is 0.277 e. The van der Waals surface area contributed by atoms with Crippen molar-refractivity contribution in [1.29, 1.82) is 0 Å². The third-order valence-electron chi connectivity index (χ3n) is 3.38. The van der Waals surface area contributed by atoms with Gasteiger partial charge >= 0.3 is 0 Å². The summed E-state index contributed by atoms with van der Waals surface area (Å²) in [5.74, 6) is -1.45. The van der Waals surface area contributed by atoms with Gasteiger partial charge in [-0.05, 0) is 35.7 Å². The Bertz CT molecular complexity index is 1050. The fraction of sp³-hybridized carbons (Fsp3) is 0.0588. The highest BCUT2D eigenvalue weighted by Gasteiger charge is 2.15. The van der Waals surface area contributed by atoms with Crippen molar-refractivity contribution in [2.75, 3.05) is 22.1 Å². The van der Waals surface area contributed by atoms with Crippen LogP contribution < -0.4 is 21.9 Å². The van der Waals surface area contributed by atoms with Gasteiger partial charge in [-0.15, -0.1) is 11.3 Å². The van der Waals surface area contributed by atoms with Crippen LogP contribution in [0, 0.1) is 5.82 Å². The first-order valence-electron chi connectivity index (χ1n) is 7.85. The summed E-state index contributed by atoms with van der Waals surface area (Å²) in [4.78, 5) is 43.1. The number of rotatable bonds is 6. The van der Waals surface area contributed by atoms with Gasteiger partial charge in [0, 0.05) is 5.69 Å². The summed E-state index contributed by atoms with van der Waals surface area (Å²) in [6.07, 6.45) is 0. The maximum absolute atomic E-state index is 12.9. The van der Waals surface area contributed by atoms with Crippen LogP contribution in [0.5, 0.6) is 0 Å². The van der Waals surface area contributed by atoms with Gasteiger partial charge in [0.25, 0.3) is 11.5 Å². The number of H-pyrrole nitrogens is 1. The van der Waals surface area contributed by atoms with Crippen molar-refractivity contribution in [3.63, 3.8) is 0 Å². The predicted molar refractivity (Wildman–Crippen MR) is 107 cm³/mol. The van der Waals surface area contributed by atoms with Gasteiger partial charge in [-0.25, -0.2) is 9.37 Å². The number of hydrogen-bond donors (Lipinski definition) is 4. The van der Waals surface area contributed by atoms with Crippen molar-refractivity contribution in [2.24, 2.45) is 0 Å². The van der Waals surface area contributed by atoms with Gasteiger partial charge in [0.05, 0.1) is 10.6 Å². The van der Waals surface area contributed by atoms with Crippen LogP contribution in [0.2, 0.25) is 0 Å². The van der Waals surface area contributed by atoms with E-state index in [9.17, 15) is 18.8 Å². The monoisotopic (exact) mass is 419 g/mol. The Morgan fingerprint density at radius 2 is 1.96 bits per heavy atom. The van der Waals surface area contributed by atoms with Crippen LogP contribution in [0.4, 0.5) is 21.6 Å². The Hall–Kier alpha value is -3.18. The lowest BCUT2D eigenvalue weighted by molar-refractivity contribution is -0.113. The quantitative estimate of drug-likeness (QED) is 0.359. The molecule has 28 heavy (non-hydrogen) atoms. The minimum absolute atomic E-state index is 0.0549. The van der Waals surface area contributed by atoms with Gasteiger partial charge in [-0.3, -0.25) is 19.4 Å². The van der Waals surface area contributed by atoms with Crippen LogP contribution in [0.3, 0.4) is 0 Å². The molecule has 144 valence electrons. The number of amides is 2. The number of benzene rings is 1. The highest BCUT2D eigenvalue weighted by Crippen LogP contribution is 2.19. The standard InChI is InChI=1S/C17H14FN5O3S2/c18-9-3-5-10(6-4-9)20-12(24)8-28-17-22-14(19)13(16(26)23-17)21-15(25)11-2-1-7-27-11/h1-7H,8H2,(H,20,24)(H,21,25)(H3,19,22,23,26). The summed E-state index contributed by atoms with van der Waals surface area (Å²) in [6.45, 7) is 0. The van der Waals surface area contributed by atoms with E-state index in [2.05, 4.69) is 20.6 Å². The number of thioether (sulfide) groups is 1. The summed E-state index contributed by atoms with van der Waals surface area (Å²) in [5.41, 5.74) is 5.44. The number of halogens is 1. The minimum Gasteiger partial charge on any atom is -0.382 e. The maximum atomic E-state index is 12.9. The number of carbonyl (C=O) groups is 2. The number of nitrogens with zero attached hydrogens (tertiary/aromatic N) is 1. The summed E-state index contributed by atoms with van der Waals surface area (Å²) in [5, 5.41) is 6.88. The second kappa shape index (κ2) is 8.67. The van der Waals surface area contributed by atoms with E-state index < -0.39 is 17.3 Å². The second-order valence-corrected chi connectivity index (χ2v) is 7.32. The lowest BCUT2D eigenvalue weighted by Crippen LogP contribution is -2.23. The van der Waals surface area contributed by atoms with Gasteiger partial charge in [-0.2, -0.15) is 0 Å². The fourth-order valence-corrected chi connectivity index (χ4v) is 3.39. The van der Waals surface area contributed by atoms with Gasteiger partial charge < -0.3 is 16.4 Å². The number of nitrogens with two attached hydrogens (primary N) is 1. The van der Waals surface area contributed by atoms with Crippen molar-refractivity contribution in [3.05, 3.63) is 62.8 Å². The van der Waals surface area contributed by atoms with E-state index in [4.69, 9.17) is 5.73 Å². The molecule has 11 heteroatoms. The molecule has 0 unspecified atom stereocenters. The molecule has 5 N–H and O–H groups in total. The van der Waals surface area contributed by atoms with E-state index >= 15 is 0 Å². The molecule has 0 atom stereocenters. The number of anilines is 3. The molecule has 8 nitrogen and oxygen atoms in total. The Balaban J connectivity index is 1.62. The van der Waals surface area contributed by atoms with E-state index in [0.29, 0.717) is 10.6 Å². The van der Waals surface area contributed by atoms with Crippen molar-refractivity contribution < 1.29 is 14.0 Å². The van der Waals surface area contributed by atoms with Crippen LogP contribution >= 0.6 is 23.1 Å². The van der Waals surface area contributed by atoms with E-state index in [1.54, 1.807) is 17.5 Å². The first-order chi connectivity index (χ1) is 13.4. The Morgan fingerprint density at radius 3 is 2.61 bits per heavy atom. The molecule has 0 aliphatic rings.